The van der Waals surface area contributed by atoms with Crippen LogP contribution in [-0.4, -0.2) is 43.1 Å². The first kappa shape index (κ1) is 16.6. The minimum Gasteiger partial charge on any atom is -0.380 e. The number of piperidine rings is 1. The third-order valence-corrected chi connectivity index (χ3v) is 5.53. The molecule has 0 amide bonds. The van der Waals surface area contributed by atoms with Gasteiger partial charge in [0.15, 0.2) is 4.47 Å². The van der Waals surface area contributed by atoms with Crippen molar-refractivity contribution in [1.29, 1.82) is 0 Å². The molecule has 1 N–H and O–H groups in total. The summed E-state index contributed by atoms with van der Waals surface area (Å²) in [6, 6.07) is 9.43. The van der Waals surface area contributed by atoms with E-state index in [1.54, 1.807) is 0 Å². The van der Waals surface area contributed by atoms with Gasteiger partial charge < -0.3 is 15.1 Å². The van der Waals surface area contributed by atoms with E-state index >= 15 is 0 Å². The summed E-state index contributed by atoms with van der Waals surface area (Å²) >= 11 is 7.36. The lowest BCUT2D eigenvalue weighted by molar-refractivity contribution is 0.249. The average Bonchev–Trinajstić information content (AvgIpc) is 2.99. The van der Waals surface area contributed by atoms with E-state index in [0.717, 1.165) is 36.2 Å². The molecule has 2 heterocycles. The van der Waals surface area contributed by atoms with Gasteiger partial charge >= 0.3 is 0 Å². The van der Waals surface area contributed by atoms with Gasteiger partial charge in [0.05, 0.1) is 6.54 Å². The Morgan fingerprint density at radius 3 is 2.52 bits per heavy atom. The van der Waals surface area contributed by atoms with Crippen LogP contribution in [0.15, 0.2) is 30.5 Å². The Bertz CT molecular complexity index is 618. The number of anilines is 2. The van der Waals surface area contributed by atoms with E-state index in [9.17, 15) is 0 Å². The Kier molecular flexibility index (Phi) is 5.41. The van der Waals surface area contributed by atoms with Gasteiger partial charge in [-0.2, -0.15) is 0 Å². The molecule has 0 spiro atoms. The minimum atomic E-state index is 0.596. The van der Waals surface area contributed by atoms with Crippen molar-refractivity contribution in [2.45, 2.75) is 25.4 Å². The highest BCUT2D eigenvalue weighted by molar-refractivity contribution is 7.15. The average molecular weight is 351 g/mol. The van der Waals surface area contributed by atoms with E-state index < -0.39 is 0 Å². The monoisotopic (exact) mass is 350 g/mol. The highest BCUT2D eigenvalue weighted by atomic mass is 35.5. The molecule has 1 aromatic carbocycles. The van der Waals surface area contributed by atoms with Gasteiger partial charge in [-0.1, -0.05) is 11.6 Å². The molecule has 23 heavy (non-hydrogen) atoms. The molecule has 0 atom stereocenters. The number of benzene rings is 1. The lowest BCUT2D eigenvalue weighted by Gasteiger charge is -2.36. The fourth-order valence-electron chi connectivity index (χ4n) is 2.99. The predicted molar refractivity (Wildman–Crippen MR) is 99.8 cm³/mol. The van der Waals surface area contributed by atoms with Crippen LogP contribution >= 0.6 is 22.9 Å². The SMILES string of the molecule is CN(C)C1CCN(c2ccc(NCc3cnc(Cl)s3)cc2)CC1. The third-order valence-electron chi connectivity index (χ3n) is 4.42. The highest BCUT2D eigenvalue weighted by Gasteiger charge is 2.20. The number of nitrogens with one attached hydrogen (secondary N) is 1. The molecule has 124 valence electrons. The maximum absolute atomic E-state index is 5.85. The molecule has 0 radical (unpaired) electrons. The van der Waals surface area contributed by atoms with Crippen LogP contribution in [0.5, 0.6) is 0 Å². The first-order valence-electron chi connectivity index (χ1n) is 7.97. The largest absolute Gasteiger partial charge is 0.380 e. The van der Waals surface area contributed by atoms with Crippen molar-refractivity contribution in [3.8, 4) is 0 Å². The minimum absolute atomic E-state index is 0.596. The molecule has 2 aromatic rings. The van der Waals surface area contributed by atoms with Crippen molar-refractivity contribution >= 4 is 34.3 Å². The summed E-state index contributed by atoms with van der Waals surface area (Å²) in [6.07, 6.45) is 4.29. The van der Waals surface area contributed by atoms with Crippen LogP contribution in [0.1, 0.15) is 17.7 Å². The van der Waals surface area contributed by atoms with Gasteiger partial charge in [0.1, 0.15) is 0 Å². The molecule has 1 aliphatic heterocycles. The lowest BCUT2D eigenvalue weighted by Crippen LogP contribution is -2.41. The molecular weight excluding hydrogens is 328 g/mol. The molecule has 0 aliphatic carbocycles. The van der Waals surface area contributed by atoms with Crippen LogP contribution in [0.25, 0.3) is 0 Å². The second kappa shape index (κ2) is 7.51. The van der Waals surface area contributed by atoms with Gasteiger partial charge in [-0.25, -0.2) is 4.98 Å². The van der Waals surface area contributed by atoms with Gasteiger partial charge in [0.25, 0.3) is 0 Å². The van der Waals surface area contributed by atoms with E-state index in [1.807, 2.05) is 6.20 Å². The van der Waals surface area contributed by atoms with Crippen molar-refractivity contribution in [2.75, 3.05) is 37.4 Å². The number of rotatable bonds is 5. The standard InChI is InChI=1S/C17H23ClN4S/c1-21(2)14-7-9-22(10-8-14)15-5-3-13(4-6-15)19-11-16-12-20-17(18)23-16/h3-6,12,14,19H,7-11H2,1-2H3. The number of nitrogens with zero attached hydrogens (tertiary/aromatic N) is 3. The fourth-order valence-corrected chi connectivity index (χ4v) is 3.90. The number of hydrogen-bond donors (Lipinski definition) is 1. The third kappa shape index (κ3) is 4.37. The Morgan fingerprint density at radius 2 is 1.96 bits per heavy atom. The summed E-state index contributed by atoms with van der Waals surface area (Å²) in [5.74, 6) is 0. The van der Waals surface area contributed by atoms with Crippen LogP contribution in [0.2, 0.25) is 4.47 Å². The number of hydrogen-bond acceptors (Lipinski definition) is 5. The van der Waals surface area contributed by atoms with Gasteiger partial charge in [-0.3, -0.25) is 0 Å². The Morgan fingerprint density at radius 1 is 1.26 bits per heavy atom. The number of aromatic nitrogens is 1. The molecule has 1 saturated heterocycles. The molecule has 1 aliphatic rings. The van der Waals surface area contributed by atoms with E-state index in [4.69, 9.17) is 11.6 Å². The summed E-state index contributed by atoms with van der Waals surface area (Å²) in [5.41, 5.74) is 2.44. The fraction of sp³-hybridized carbons (Fsp3) is 0.471. The molecule has 0 unspecified atom stereocenters. The van der Waals surface area contributed by atoms with E-state index in [1.165, 1.54) is 29.9 Å². The number of halogens is 1. The Labute approximate surface area is 147 Å². The first-order chi connectivity index (χ1) is 11.1. The quantitative estimate of drug-likeness (QED) is 0.885. The highest BCUT2D eigenvalue weighted by Crippen LogP contribution is 2.24. The summed E-state index contributed by atoms with van der Waals surface area (Å²) in [6.45, 7) is 3.03. The normalized spacial score (nSPS) is 16.1. The maximum atomic E-state index is 5.85. The van der Waals surface area contributed by atoms with Crippen LogP contribution < -0.4 is 10.2 Å². The smallest absolute Gasteiger partial charge is 0.183 e. The second-order valence-corrected chi connectivity index (χ2v) is 7.86. The second-order valence-electron chi connectivity index (χ2n) is 6.16. The molecule has 6 heteroatoms. The Balaban J connectivity index is 1.53. The summed E-state index contributed by atoms with van der Waals surface area (Å²) in [7, 11) is 4.36. The van der Waals surface area contributed by atoms with Crippen LogP contribution in [0, 0.1) is 0 Å². The van der Waals surface area contributed by atoms with Gasteiger partial charge in [-0.15, -0.1) is 11.3 Å². The zero-order valence-electron chi connectivity index (χ0n) is 13.6. The summed E-state index contributed by atoms with van der Waals surface area (Å²) in [4.78, 5) is 10.0. The molecule has 0 saturated carbocycles. The van der Waals surface area contributed by atoms with E-state index in [0.29, 0.717) is 4.47 Å². The topological polar surface area (TPSA) is 31.4 Å². The summed E-state index contributed by atoms with van der Waals surface area (Å²) < 4.78 is 0.596. The zero-order valence-corrected chi connectivity index (χ0v) is 15.2. The first-order valence-corrected chi connectivity index (χ1v) is 9.17. The molecule has 0 bridgehead atoms. The van der Waals surface area contributed by atoms with Crippen LogP contribution in [0.3, 0.4) is 0 Å². The lowest BCUT2D eigenvalue weighted by atomic mass is 10.0. The zero-order chi connectivity index (χ0) is 16.2. The summed E-state index contributed by atoms with van der Waals surface area (Å²) in [5, 5.41) is 3.41. The van der Waals surface area contributed by atoms with Gasteiger partial charge in [-0.05, 0) is 51.2 Å². The van der Waals surface area contributed by atoms with Crippen LogP contribution in [0.4, 0.5) is 11.4 Å². The molecule has 1 aromatic heterocycles. The predicted octanol–water partition coefficient (Wildman–Crippen LogP) is 3.94. The maximum Gasteiger partial charge on any atom is 0.183 e. The Hall–Kier alpha value is -1.30. The van der Waals surface area contributed by atoms with Crippen molar-refractivity contribution in [2.24, 2.45) is 0 Å². The number of thiazole rings is 1. The van der Waals surface area contributed by atoms with Gasteiger partial charge in [0, 0.05) is 41.6 Å². The molecular formula is C17H23ClN4S. The van der Waals surface area contributed by atoms with E-state index in [-0.39, 0.29) is 0 Å². The molecule has 4 nitrogen and oxygen atoms in total. The van der Waals surface area contributed by atoms with Crippen molar-refractivity contribution in [3.05, 3.63) is 39.8 Å². The van der Waals surface area contributed by atoms with Crippen molar-refractivity contribution in [3.63, 3.8) is 0 Å². The van der Waals surface area contributed by atoms with E-state index in [2.05, 4.69) is 58.5 Å². The van der Waals surface area contributed by atoms with Gasteiger partial charge in [0.2, 0.25) is 0 Å². The van der Waals surface area contributed by atoms with Crippen molar-refractivity contribution in [1.82, 2.24) is 9.88 Å². The van der Waals surface area contributed by atoms with Crippen LogP contribution in [-0.2, 0) is 6.54 Å². The molecule has 1 fully saturated rings. The molecule has 3 rings (SSSR count). The van der Waals surface area contributed by atoms with Crippen molar-refractivity contribution < 1.29 is 0 Å².